The summed E-state index contributed by atoms with van der Waals surface area (Å²) in [5.74, 6) is 2.46. The summed E-state index contributed by atoms with van der Waals surface area (Å²) in [4.78, 5) is 8.48. The van der Waals surface area contributed by atoms with Gasteiger partial charge < -0.3 is 10.1 Å². The Bertz CT molecular complexity index is 609. The van der Waals surface area contributed by atoms with Crippen molar-refractivity contribution >= 4 is 5.95 Å². The van der Waals surface area contributed by atoms with Crippen LogP contribution in [-0.2, 0) is 0 Å². The molecule has 0 aliphatic carbocycles. The van der Waals surface area contributed by atoms with E-state index in [0.29, 0.717) is 17.7 Å². The van der Waals surface area contributed by atoms with Gasteiger partial charge in [0.1, 0.15) is 5.75 Å². The zero-order valence-electron chi connectivity index (χ0n) is 12.7. The van der Waals surface area contributed by atoms with Crippen LogP contribution >= 0.6 is 0 Å². The van der Waals surface area contributed by atoms with Crippen molar-refractivity contribution in [2.24, 2.45) is 0 Å². The number of hydrogen-bond donors (Lipinski definition) is 1. The third kappa shape index (κ3) is 3.07. The second-order valence-corrected chi connectivity index (χ2v) is 5.21. The molecule has 0 spiro atoms. The van der Waals surface area contributed by atoms with Gasteiger partial charge in [-0.25, -0.2) is 4.98 Å². The summed E-state index contributed by atoms with van der Waals surface area (Å²) in [5.41, 5.74) is 3.49. The van der Waals surface area contributed by atoms with E-state index in [0.717, 1.165) is 11.3 Å². The lowest BCUT2D eigenvalue weighted by Crippen LogP contribution is -2.00. The molecular formula is C16H21N3O. The Morgan fingerprint density at radius 2 is 1.90 bits per heavy atom. The number of anilines is 1. The standard InChI is InChI=1S/C16H21N3O/c1-10(2)14-7-6-13(8-11(14)3)20-15-12(4)9-18-16(17-5)19-15/h6-10H,1-5H3,(H,17,18,19). The van der Waals surface area contributed by atoms with E-state index in [4.69, 9.17) is 4.74 Å². The van der Waals surface area contributed by atoms with Crippen molar-refractivity contribution < 1.29 is 4.74 Å². The Kier molecular flexibility index (Phi) is 4.23. The van der Waals surface area contributed by atoms with Gasteiger partial charge in [-0.1, -0.05) is 19.9 Å². The largest absolute Gasteiger partial charge is 0.439 e. The van der Waals surface area contributed by atoms with E-state index >= 15 is 0 Å². The smallest absolute Gasteiger partial charge is 0.226 e. The number of nitrogens with zero attached hydrogens (tertiary/aromatic N) is 2. The molecule has 0 amide bonds. The minimum Gasteiger partial charge on any atom is -0.439 e. The van der Waals surface area contributed by atoms with Gasteiger partial charge >= 0.3 is 0 Å². The molecule has 1 N–H and O–H groups in total. The highest BCUT2D eigenvalue weighted by atomic mass is 16.5. The number of hydrogen-bond acceptors (Lipinski definition) is 4. The fourth-order valence-electron chi connectivity index (χ4n) is 2.12. The predicted octanol–water partition coefficient (Wildman–Crippen LogP) is 4.05. The molecule has 0 saturated heterocycles. The highest BCUT2D eigenvalue weighted by Crippen LogP contribution is 2.27. The van der Waals surface area contributed by atoms with Crippen molar-refractivity contribution in [3.05, 3.63) is 41.1 Å². The molecular weight excluding hydrogens is 250 g/mol. The number of aryl methyl sites for hydroxylation is 2. The summed E-state index contributed by atoms with van der Waals surface area (Å²) >= 11 is 0. The number of benzene rings is 1. The molecule has 0 atom stereocenters. The molecule has 4 nitrogen and oxygen atoms in total. The van der Waals surface area contributed by atoms with E-state index in [-0.39, 0.29) is 0 Å². The van der Waals surface area contributed by atoms with Crippen LogP contribution in [0.4, 0.5) is 5.95 Å². The lowest BCUT2D eigenvalue weighted by Gasteiger charge is -2.13. The van der Waals surface area contributed by atoms with Gasteiger partial charge in [0.15, 0.2) is 0 Å². The van der Waals surface area contributed by atoms with Crippen LogP contribution in [0.1, 0.15) is 36.5 Å². The highest BCUT2D eigenvalue weighted by molar-refractivity contribution is 5.40. The van der Waals surface area contributed by atoms with Crippen molar-refractivity contribution in [3.63, 3.8) is 0 Å². The zero-order valence-corrected chi connectivity index (χ0v) is 12.7. The monoisotopic (exact) mass is 271 g/mol. The highest BCUT2D eigenvalue weighted by Gasteiger charge is 2.08. The van der Waals surface area contributed by atoms with E-state index in [1.807, 2.05) is 13.0 Å². The number of ether oxygens (including phenoxy) is 1. The molecule has 0 saturated carbocycles. The second kappa shape index (κ2) is 5.90. The first-order chi connectivity index (χ1) is 9.51. The lowest BCUT2D eigenvalue weighted by molar-refractivity contribution is 0.457. The molecule has 2 rings (SSSR count). The first-order valence-corrected chi connectivity index (χ1v) is 6.81. The van der Waals surface area contributed by atoms with Crippen molar-refractivity contribution in [1.29, 1.82) is 0 Å². The summed E-state index contributed by atoms with van der Waals surface area (Å²) in [7, 11) is 1.79. The van der Waals surface area contributed by atoms with Crippen LogP contribution in [-0.4, -0.2) is 17.0 Å². The van der Waals surface area contributed by atoms with Gasteiger partial charge in [0, 0.05) is 18.8 Å². The zero-order chi connectivity index (χ0) is 14.7. The topological polar surface area (TPSA) is 47.0 Å². The molecule has 2 aromatic rings. The number of rotatable bonds is 4. The van der Waals surface area contributed by atoms with Crippen molar-refractivity contribution in [1.82, 2.24) is 9.97 Å². The molecule has 4 heteroatoms. The molecule has 0 aliphatic rings. The van der Waals surface area contributed by atoms with Gasteiger partial charge in [0.25, 0.3) is 0 Å². The molecule has 106 valence electrons. The van der Waals surface area contributed by atoms with Gasteiger partial charge in [0.2, 0.25) is 11.8 Å². The molecule has 0 radical (unpaired) electrons. The molecule has 1 heterocycles. The Hall–Kier alpha value is -2.10. The molecule has 1 aromatic carbocycles. The molecule has 0 aliphatic heterocycles. The fourth-order valence-corrected chi connectivity index (χ4v) is 2.12. The van der Waals surface area contributed by atoms with Crippen LogP contribution < -0.4 is 10.1 Å². The second-order valence-electron chi connectivity index (χ2n) is 5.21. The molecule has 0 bridgehead atoms. The average molecular weight is 271 g/mol. The van der Waals surface area contributed by atoms with E-state index in [1.54, 1.807) is 13.2 Å². The van der Waals surface area contributed by atoms with Crippen LogP contribution in [0.15, 0.2) is 24.4 Å². The average Bonchev–Trinajstić information content (AvgIpc) is 2.41. The third-order valence-corrected chi connectivity index (χ3v) is 3.23. The Labute approximate surface area is 120 Å². The van der Waals surface area contributed by atoms with Crippen molar-refractivity contribution in [2.45, 2.75) is 33.6 Å². The van der Waals surface area contributed by atoms with Crippen molar-refractivity contribution in [2.75, 3.05) is 12.4 Å². The summed E-state index contributed by atoms with van der Waals surface area (Å²) in [6, 6.07) is 6.16. The van der Waals surface area contributed by atoms with Crippen LogP contribution in [0.3, 0.4) is 0 Å². The maximum absolute atomic E-state index is 5.88. The van der Waals surface area contributed by atoms with E-state index in [1.165, 1.54) is 11.1 Å². The predicted molar refractivity (Wildman–Crippen MR) is 81.7 cm³/mol. The summed E-state index contributed by atoms with van der Waals surface area (Å²) < 4.78 is 5.88. The Balaban J connectivity index is 2.28. The van der Waals surface area contributed by atoms with E-state index in [9.17, 15) is 0 Å². The van der Waals surface area contributed by atoms with Gasteiger partial charge in [-0.3, -0.25) is 0 Å². The SMILES string of the molecule is CNc1ncc(C)c(Oc2ccc(C(C)C)c(C)c2)n1. The third-order valence-electron chi connectivity index (χ3n) is 3.23. The van der Waals surface area contributed by atoms with Gasteiger partial charge in [-0.05, 0) is 43.0 Å². The summed E-state index contributed by atoms with van der Waals surface area (Å²) in [6.07, 6.45) is 1.75. The lowest BCUT2D eigenvalue weighted by atomic mass is 9.98. The van der Waals surface area contributed by atoms with Crippen molar-refractivity contribution in [3.8, 4) is 11.6 Å². The van der Waals surface area contributed by atoms with Gasteiger partial charge in [-0.2, -0.15) is 4.98 Å². The van der Waals surface area contributed by atoms with Crippen LogP contribution in [0.2, 0.25) is 0 Å². The summed E-state index contributed by atoms with van der Waals surface area (Å²) in [5, 5.41) is 2.91. The first-order valence-electron chi connectivity index (χ1n) is 6.81. The van der Waals surface area contributed by atoms with Crippen LogP contribution in [0, 0.1) is 13.8 Å². The maximum atomic E-state index is 5.88. The van der Waals surface area contributed by atoms with Gasteiger partial charge in [-0.15, -0.1) is 0 Å². The molecule has 20 heavy (non-hydrogen) atoms. The minimum absolute atomic E-state index is 0.515. The maximum Gasteiger partial charge on any atom is 0.226 e. The van der Waals surface area contributed by atoms with Crippen LogP contribution in [0.5, 0.6) is 11.6 Å². The number of aromatic nitrogens is 2. The normalized spacial score (nSPS) is 10.7. The first kappa shape index (κ1) is 14.3. The van der Waals surface area contributed by atoms with E-state index in [2.05, 4.69) is 48.2 Å². The summed E-state index contributed by atoms with van der Waals surface area (Å²) in [6.45, 7) is 8.42. The quantitative estimate of drug-likeness (QED) is 0.911. The van der Waals surface area contributed by atoms with Crippen LogP contribution in [0.25, 0.3) is 0 Å². The molecule has 1 aromatic heterocycles. The van der Waals surface area contributed by atoms with E-state index < -0.39 is 0 Å². The molecule has 0 fully saturated rings. The van der Waals surface area contributed by atoms with Gasteiger partial charge in [0.05, 0.1) is 0 Å². The molecule has 0 unspecified atom stereocenters. The fraction of sp³-hybridized carbons (Fsp3) is 0.375. The Morgan fingerprint density at radius 1 is 1.15 bits per heavy atom. The Morgan fingerprint density at radius 3 is 2.50 bits per heavy atom. The number of nitrogens with one attached hydrogen (secondary N) is 1. The minimum atomic E-state index is 0.515.